The van der Waals surface area contributed by atoms with Crippen LogP contribution in [0.1, 0.15) is 22.6 Å². The molecular formula is C18H22N2. The highest BCUT2D eigenvalue weighted by molar-refractivity contribution is 5.48. The molecule has 2 heteroatoms. The van der Waals surface area contributed by atoms with E-state index in [1.54, 1.807) is 0 Å². The predicted octanol–water partition coefficient (Wildman–Crippen LogP) is 3.32. The van der Waals surface area contributed by atoms with Gasteiger partial charge in [0, 0.05) is 38.3 Å². The van der Waals surface area contributed by atoms with E-state index in [0.717, 1.165) is 19.6 Å². The number of hydrogen-bond donors (Lipinski definition) is 1. The number of benzene rings is 2. The van der Waals surface area contributed by atoms with Gasteiger partial charge in [-0.2, -0.15) is 0 Å². The van der Waals surface area contributed by atoms with E-state index in [0.29, 0.717) is 5.92 Å². The van der Waals surface area contributed by atoms with Crippen molar-refractivity contribution in [3.8, 4) is 0 Å². The summed E-state index contributed by atoms with van der Waals surface area (Å²) in [6, 6.07) is 17.5. The zero-order valence-electron chi connectivity index (χ0n) is 12.3. The quantitative estimate of drug-likeness (QED) is 0.917. The van der Waals surface area contributed by atoms with Gasteiger partial charge in [0.15, 0.2) is 0 Å². The summed E-state index contributed by atoms with van der Waals surface area (Å²) < 4.78 is 0. The van der Waals surface area contributed by atoms with E-state index >= 15 is 0 Å². The van der Waals surface area contributed by atoms with E-state index in [1.165, 1.54) is 22.4 Å². The van der Waals surface area contributed by atoms with Crippen molar-refractivity contribution in [3.05, 3.63) is 65.2 Å². The van der Waals surface area contributed by atoms with Gasteiger partial charge < -0.3 is 10.2 Å². The van der Waals surface area contributed by atoms with Crippen molar-refractivity contribution in [2.75, 3.05) is 25.0 Å². The summed E-state index contributed by atoms with van der Waals surface area (Å²) in [6.07, 6.45) is 0. The fraction of sp³-hybridized carbons (Fsp3) is 0.333. The summed E-state index contributed by atoms with van der Waals surface area (Å²) in [5.41, 5.74) is 5.57. The van der Waals surface area contributed by atoms with E-state index in [-0.39, 0.29) is 0 Å². The number of anilines is 1. The van der Waals surface area contributed by atoms with Crippen LogP contribution in [0.15, 0.2) is 48.5 Å². The number of hydrogen-bond acceptors (Lipinski definition) is 2. The van der Waals surface area contributed by atoms with Gasteiger partial charge in [-0.3, -0.25) is 0 Å². The van der Waals surface area contributed by atoms with Crippen LogP contribution in [0.3, 0.4) is 0 Å². The Morgan fingerprint density at radius 2 is 2.00 bits per heavy atom. The van der Waals surface area contributed by atoms with Crippen LogP contribution in [0.5, 0.6) is 0 Å². The van der Waals surface area contributed by atoms with Gasteiger partial charge in [0.1, 0.15) is 0 Å². The van der Waals surface area contributed by atoms with Gasteiger partial charge in [-0.15, -0.1) is 0 Å². The van der Waals surface area contributed by atoms with Crippen molar-refractivity contribution in [2.24, 2.45) is 0 Å². The molecule has 1 unspecified atom stereocenters. The Hall–Kier alpha value is -1.80. The maximum Gasteiger partial charge on any atom is 0.0366 e. The molecule has 0 amide bonds. The van der Waals surface area contributed by atoms with Gasteiger partial charge in [0.2, 0.25) is 0 Å². The van der Waals surface area contributed by atoms with Crippen molar-refractivity contribution in [1.29, 1.82) is 0 Å². The molecule has 2 aromatic rings. The molecule has 2 aromatic carbocycles. The van der Waals surface area contributed by atoms with Crippen LogP contribution in [-0.4, -0.2) is 20.1 Å². The third kappa shape index (κ3) is 2.70. The largest absolute Gasteiger partial charge is 0.374 e. The average molecular weight is 266 g/mol. The fourth-order valence-corrected chi connectivity index (χ4v) is 3.05. The molecule has 0 bridgehead atoms. The Labute approximate surface area is 121 Å². The predicted molar refractivity (Wildman–Crippen MR) is 85.3 cm³/mol. The van der Waals surface area contributed by atoms with Crippen molar-refractivity contribution in [1.82, 2.24) is 5.32 Å². The Balaban J connectivity index is 1.79. The first-order valence-corrected chi connectivity index (χ1v) is 7.30. The molecule has 0 spiro atoms. The van der Waals surface area contributed by atoms with E-state index < -0.39 is 0 Å². The number of nitrogens with zero attached hydrogens (tertiary/aromatic N) is 1. The minimum atomic E-state index is 0.561. The second-order valence-corrected chi connectivity index (χ2v) is 5.75. The fourth-order valence-electron chi connectivity index (χ4n) is 3.05. The second-order valence-electron chi connectivity index (χ2n) is 5.75. The summed E-state index contributed by atoms with van der Waals surface area (Å²) in [7, 11) is 2.19. The molecule has 20 heavy (non-hydrogen) atoms. The van der Waals surface area contributed by atoms with Crippen LogP contribution in [0.4, 0.5) is 5.69 Å². The first kappa shape index (κ1) is 13.2. The molecule has 104 valence electrons. The van der Waals surface area contributed by atoms with E-state index in [2.05, 4.69) is 72.7 Å². The summed E-state index contributed by atoms with van der Waals surface area (Å²) in [5.74, 6) is 0.561. The molecule has 1 aliphatic rings. The van der Waals surface area contributed by atoms with Crippen molar-refractivity contribution in [3.63, 3.8) is 0 Å². The molecule has 0 fully saturated rings. The van der Waals surface area contributed by atoms with Crippen LogP contribution < -0.4 is 10.2 Å². The molecule has 0 saturated carbocycles. The lowest BCUT2D eigenvalue weighted by Crippen LogP contribution is -2.35. The van der Waals surface area contributed by atoms with Gasteiger partial charge in [0.05, 0.1) is 0 Å². The minimum absolute atomic E-state index is 0.561. The first-order valence-electron chi connectivity index (χ1n) is 7.30. The van der Waals surface area contributed by atoms with Crippen molar-refractivity contribution < 1.29 is 0 Å². The molecule has 1 heterocycles. The lowest BCUT2D eigenvalue weighted by Gasteiger charge is -2.31. The minimum Gasteiger partial charge on any atom is -0.374 e. The SMILES string of the molecule is Cc1cccc(N(C)CC2CNCc3ccccc32)c1. The monoisotopic (exact) mass is 266 g/mol. The molecule has 1 N–H and O–H groups in total. The lowest BCUT2D eigenvalue weighted by molar-refractivity contribution is 0.540. The molecule has 2 nitrogen and oxygen atoms in total. The maximum atomic E-state index is 3.53. The van der Waals surface area contributed by atoms with E-state index in [9.17, 15) is 0 Å². The topological polar surface area (TPSA) is 15.3 Å². The van der Waals surface area contributed by atoms with Crippen molar-refractivity contribution >= 4 is 5.69 Å². The number of fused-ring (bicyclic) bond motifs is 1. The van der Waals surface area contributed by atoms with Crippen LogP contribution >= 0.6 is 0 Å². The highest BCUT2D eigenvalue weighted by atomic mass is 15.1. The summed E-state index contributed by atoms with van der Waals surface area (Å²) >= 11 is 0. The van der Waals surface area contributed by atoms with Gasteiger partial charge in [-0.05, 0) is 35.7 Å². The standard InChI is InChI=1S/C18H22N2/c1-14-6-5-8-17(10-14)20(2)13-16-12-19-11-15-7-3-4-9-18(15)16/h3-10,16,19H,11-13H2,1-2H3. The first-order chi connectivity index (χ1) is 9.74. The maximum absolute atomic E-state index is 3.53. The van der Waals surface area contributed by atoms with Crippen LogP contribution in [0, 0.1) is 6.92 Å². The van der Waals surface area contributed by atoms with Crippen LogP contribution in [0.25, 0.3) is 0 Å². The van der Waals surface area contributed by atoms with Gasteiger partial charge in [-0.25, -0.2) is 0 Å². The molecule has 1 atom stereocenters. The third-order valence-corrected chi connectivity index (χ3v) is 4.14. The van der Waals surface area contributed by atoms with Gasteiger partial charge in [0.25, 0.3) is 0 Å². The summed E-state index contributed by atoms with van der Waals surface area (Å²) in [4.78, 5) is 2.36. The average Bonchev–Trinajstić information content (AvgIpc) is 2.47. The number of aryl methyl sites for hydroxylation is 1. The number of rotatable bonds is 3. The Morgan fingerprint density at radius 3 is 2.85 bits per heavy atom. The molecule has 0 saturated heterocycles. The molecule has 3 rings (SSSR count). The van der Waals surface area contributed by atoms with E-state index in [4.69, 9.17) is 0 Å². The lowest BCUT2D eigenvalue weighted by atomic mass is 9.90. The smallest absolute Gasteiger partial charge is 0.0366 e. The number of likely N-dealkylation sites (N-methyl/N-ethyl adjacent to an activating group) is 1. The van der Waals surface area contributed by atoms with Crippen molar-refractivity contribution in [2.45, 2.75) is 19.4 Å². The highest BCUT2D eigenvalue weighted by Crippen LogP contribution is 2.26. The van der Waals surface area contributed by atoms with Gasteiger partial charge >= 0.3 is 0 Å². The summed E-state index contributed by atoms with van der Waals surface area (Å²) in [6.45, 7) is 5.26. The Kier molecular flexibility index (Phi) is 3.75. The normalized spacial score (nSPS) is 17.6. The molecule has 1 aliphatic heterocycles. The third-order valence-electron chi connectivity index (χ3n) is 4.14. The van der Waals surface area contributed by atoms with E-state index in [1.807, 2.05) is 0 Å². The zero-order chi connectivity index (χ0) is 13.9. The molecule has 0 aromatic heterocycles. The Morgan fingerprint density at radius 1 is 1.15 bits per heavy atom. The highest BCUT2D eigenvalue weighted by Gasteiger charge is 2.20. The zero-order valence-corrected chi connectivity index (χ0v) is 12.3. The molecule has 0 aliphatic carbocycles. The van der Waals surface area contributed by atoms with Crippen LogP contribution in [-0.2, 0) is 6.54 Å². The second kappa shape index (κ2) is 5.68. The number of nitrogens with one attached hydrogen (secondary N) is 1. The molecular weight excluding hydrogens is 244 g/mol. The van der Waals surface area contributed by atoms with Crippen LogP contribution in [0.2, 0.25) is 0 Å². The summed E-state index contributed by atoms with van der Waals surface area (Å²) in [5, 5.41) is 3.53. The van der Waals surface area contributed by atoms with Gasteiger partial charge in [-0.1, -0.05) is 36.4 Å². The molecule has 0 radical (unpaired) electrons. The Bertz CT molecular complexity index is 591.